The number of benzene rings is 1. The van der Waals surface area contributed by atoms with Crippen molar-refractivity contribution in [1.29, 1.82) is 0 Å². The van der Waals surface area contributed by atoms with Gasteiger partial charge in [-0.2, -0.15) is 0 Å². The Morgan fingerprint density at radius 2 is 2.28 bits per heavy atom. The van der Waals surface area contributed by atoms with Crippen LogP contribution >= 0.6 is 0 Å². The Hall–Kier alpha value is -1.95. The van der Waals surface area contributed by atoms with E-state index < -0.39 is 0 Å². The first-order valence-corrected chi connectivity index (χ1v) is 6.08. The van der Waals surface area contributed by atoms with Gasteiger partial charge in [-0.25, -0.2) is 0 Å². The van der Waals surface area contributed by atoms with Gasteiger partial charge in [-0.05, 0) is 31.5 Å². The normalized spacial score (nSPS) is 9.22. The van der Waals surface area contributed by atoms with Crippen LogP contribution in [-0.4, -0.2) is 19.1 Å². The summed E-state index contributed by atoms with van der Waals surface area (Å²) in [6.45, 7) is 4.80. The van der Waals surface area contributed by atoms with Gasteiger partial charge in [0.1, 0.15) is 5.75 Å². The maximum atomic E-state index is 11.4. The molecule has 1 N–H and O–H groups in total. The Bertz CT molecular complexity index is 443. The SMILES string of the molecule is CC#CCCNC(=O)CCOc1cccc(C)c1. The Kier molecular flexibility index (Phi) is 6.42. The van der Waals surface area contributed by atoms with Crippen molar-refractivity contribution < 1.29 is 9.53 Å². The molecular weight excluding hydrogens is 226 g/mol. The average Bonchev–Trinajstić information content (AvgIpc) is 2.35. The van der Waals surface area contributed by atoms with E-state index in [-0.39, 0.29) is 5.91 Å². The fourth-order valence-corrected chi connectivity index (χ4v) is 1.44. The van der Waals surface area contributed by atoms with Gasteiger partial charge in [-0.3, -0.25) is 4.79 Å². The maximum Gasteiger partial charge on any atom is 0.223 e. The zero-order valence-electron chi connectivity index (χ0n) is 11.0. The number of nitrogens with one attached hydrogen (secondary N) is 1. The second kappa shape index (κ2) is 8.19. The van der Waals surface area contributed by atoms with Gasteiger partial charge in [-0.15, -0.1) is 11.8 Å². The molecule has 0 aromatic heterocycles. The molecule has 0 fully saturated rings. The molecular formula is C15H19NO2. The molecule has 0 saturated carbocycles. The van der Waals surface area contributed by atoms with Crippen molar-refractivity contribution in [3.63, 3.8) is 0 Å². The van der Waals surface area contributed by atoms with Gasteiger partial charge in [-0.1, -0.05) is 12.1 Å². The molecule has 3 nitrogen and oxygen atoms in total. The summed E-state index contributed by atoms with van der Waals surface area (Å²) in [5.41, 5.74) is 1.15. The van der Waals surface area contributed by atoms with E-state index in [9.17, 15) is 4.79 Å². The third kappa shape index (κ3) is 5.95. The standard InChI is InChI=1S/C15H19NO2/c1-3-4-5-10-16-15(17)9-11-18-14-8-6-7-13(2)12-14/h6-8,12H,5,9-11H2,1-2H3,(H,16,17). The maximum absolute atomic E-state index is 11.4. The lowest BCUT2D eigenvalue weighted by atomic mass is 10.2. The van der Waals surface area contributed by atoms with Crippen molar-refractivity contribution in [3.8, 4) is 17.6 Å². The fourth-order valence-electron chi connectivity index (χ4n) is 1.44. The highest BCUT2D eigenvalue weighted by atomic mass is 16.5. The second-order valence-electron chi connectivity index (χ2n) is 3.94. The largest absolute Gasteiger partial charge is 0.493 e. The minimum Gasteiger partial charge on any atom is -0.493 e. The summed E-state index contributed by atoms with van der Waals surface area (Å²) in [5.74, 6) is 6.49. The minimum atomic E-state index is 0.000515. The van der Waals surface area contributed by atoms with Crippen LogP contribution in [0.25, 0.3) is 0 Å². The monoisotopic (exact) mass is 245 g/mol. The summed E-state index contributed by atoms with van der Waals surface area (Å²) in [6.07, 6.45) is 1.06. The van der Waals surface area contributed by atoms with Crippen LogP contribution in [0.3, 0.4) is 0 Å². The molecule has 1 rings (SSSR count). The van der Waals surface area contributed by atoms with E-state index in [1.807, 2.05) is 31.2 Å². The predicted molar refractivity (Wildman–Crippen MR) is 72.4 cm³/mol. The van der Waals surface area contributed by atoms with E-state index >= 15 is 0 Å². The van der Waals surface area contributed by atoms with E-state index in [2.05, 4.69) is 17.2 Å². The first-order valence-electron chi connectivity index (χ1n) is 6.08. The van der Waals surface area contributed by atoms with Gasteiger partial charge in [0.2, 0.25) is 5.91 Å². The molecule has 1 aromatic rings. The third-order valence-corrected chi connectivity index (χ3v) is 2.34. The van der Waals surface area contributed by atoms with Gasteiger partial charge in [0, 0.05) is 13.0 Å². The molecule has 0 spiro atoms. The molecule has 0 saturated heterocycles. The Balaban J connectivity index is 2.16. The molecule has 1 aromatic carbocycles. The highest BCUT2D eigenvalue weighted by Gasteiger charge is 2.00. The summed E-state index contributed by atoms with van der Waals surface area (Å²) in [7, 11) is 0. The van der Waals surface area contributed by atoms with Crippen LogP contribution in [0.1, 0.15) is 25.3 Å². The van der Waals surface area contributed by atoms with Crippen molar-refractivity contribution in [1.82, 2.24) is 5.32 Å². The van der Waals surface area contributed by atoms with Crippen molar-refractivity contribution in [2.24, 2.45) is 0 Å². The van der Waals surface area contributed by atoms with Crippen LogP contribution in [0.2, 0.25) is 0 Å². The van der Waals surface area contributed by atoms with Gasteiger partial charge in [0.15, 0.2) is 0 Å². The van der Waals surface area contributed by atoms with E-state index in [4.69, 9.17) is 4.74 Å². The zero-order chi connectivity index (χ0) is 13.2. The van der Waals surface area contributed by atoms with Crippen molar-refractivity contribution in [2.45, 2.75) is 26.7 Å². The number of ether oxygens (including phenoxy) is 1. The smallest absolute Gasteiger partial charge is 0.223 e. The Labute approximate surface area is 109 Å². The lowest BCUT2D eigenvalue weighted by Crippen LogP contribution is -2.25. The molecule has 0 aliphatic rings. The molecule has 0 aliphatic heterocycles. The summed E-state index contributed by atoms with van der Waals surface area (Å²) in [6, 6.07) is 7.79. The first kappa shape index (κ1) is 14.1. The fraction of sp³-hybridized carbons (Fsp3) is 0.400. The van der Waals surface area contributed by atoms with Crippen molar-refractivity contribution >= 4 is 5.91 Å². The van der Waals surface area contributed by atoms with Crippen LogP contribution in [0.5, 0.6) is 5.75 Å². The number of hydrogen-bond donors (Lipinski definition) is 1. The van der Waals surface area contributed by atoms with E-state index in [0.717, 1.165) is 11.3 Å². The average molecular weight is 245 g/mol. The number of hydrogen-bond acceptors (Lipinski definition) is 2. The molecule has 96 valence electrons. The first-order chi connectivity index (χ1) is 8.72. The van der Waals surface area contributed by atoms with Gasteiger partial charge in [0.05, 0.1) is 13.0 Å². The number of rotatable bonds is 6. The molecule has 0 radical (unpaired) electrons. The predicted octanol–water partition coefficient (Wildman–Crippen LogP) is 2.29. The van der Waals surface area contributed by atoms with E-state index in [1.54, 1.807) is 6.92 Å². The minimum absolute atomic E-state index is 0.000515. The van der Waals surface area contributed by atoms with Crippen LogP contribution < -0.4 is 10.1 Å². The van der Waals surface area contributed by atoms with Crippen LogP contribution in [0.15, 0.2) is 24.3 Å². The van der Waals surface area contributed by atoms with Crippen LogP contribution in [-0.2, 0) is 4.79 Å². The van der Waals surface area contributed by atoms with Gasteiger partial charge in [0.25, 0.3) is 0 Å². The summed E-state index contributed by atoms with van der Waals surface area (Å²) >= 11 is 0. The Morgan fingerprint density at radius 1 is 1.44 bits per heavy atom. The highest BCUT2D eigenvalue weighted by Crippen LogP contribution is 2.12. The number of aryl methyl sites for hydroxylation is 1. The molecule has 0 unspecified atom stereocenters. The molecule has 0 atom stereocenters. The van der Waals surface area contributed by atoms with Crippen LogP contribution in [0.4, 0.5) is 0 Å². The summed E-state index contributed by atoms with van der Waals surface area (Å²) in [5, 5.41) is 2.79. The van der Waals surface area contributed by atoms with Crippen LogP contribution in [0, 0.1) is 18.8 Å². The summed E-state index contributed by atoms with van der Waals surface area (Å²) < 4.78 is 5.50. The van der Waals surface area contributed by atoms with Crippen molar-refractivity contribution in [2.75, 3.05) is 13.2 Å². The number of carbonyl (C=O) groups excluding carboxylic acids is 1. The van der Waals surface area contributed by atoms with Gasteiger partial charge < -0.3 is 10.1 Å². The lowest BCUT2D eigenvalue weighted by molar-refractivity contribution is -0.121. The molecule has 3 heteroatoms. The number of amides is 1. The topological polar surface area (TPSA) is 38.3 Å². The Morgan fingerprint density at radius 3 is 3.00 bits per heavy atom. The van der Waals surface area contributed by atoms with Gasteiger partial charge >= 0.3 is 0 Å². The lowest BCUT2D eigenvalue weighted by Gasteiger charge is -2.07. The molecule has 18 heavy (non-hydrogen) atoms. The van der Waals surface area contributed by atoms with Crippen molar-refractivity contribution in [3.05, 3.63) is 29.8 Å². The third-order valence-electron chi connectivity index (χ3n) is 2.34. The zero-order valence-corrected chi connectivity index (χ0v) is 11.0. The molecule has 0 aliphatic carbocycles. The molecule has 0 bridgehead atoms. The molecule has 1 amide bonds. The second-order valence-corrected chi connectivity index (χ2v) is 3.94. The number of carbonyl (C=O) groups is 1. The summed E-state index contributed by atoms with van der Waals surface area (Å²) in [4.78, 5) is 11.4. The quantitative estimate of drug-likeness (QED) is 0.617. The van der Waals surface area contributed by atoms with E-state index in [1.165, 1.54) is 0 Å². The highest BCUT2D eigenvalue weighted by molar-refractivity contribution is 5.75. The molecule has 0 heterocycles. The van der Waals surface area contributed by atoms with E-state index in [0.29, 0.717) is 26.0 Å².